The van der Waals surface area contributed by atoms with Crippen LogP contribution in [0.4, 0.5) is 5.82 Å². The van der Waals surface area contributed by atoms with Crippen molar-refractivity contribution >= 4 is 15.8 Å². The molecule has 0 aromatic carbocycles. The fraction of sp³-hybridized carbons (Fsp3) is 0.643. The van der Waals surface area contributed by atoms with Gasteiger partial charge in [0.25, 0.3) is 0 Å². The molecule has 1 saturated heterocycles. The van der Waals surface area contributed by atoms with Crippen LogP contribution in [0.5, 0.6) is 0 Å². The van der Waals surface area contributed by atoms with Crippen molar-refractivity contribution in [3.05, 3.63) is 18.3 Å². The van der Waals surface area contributed by atoms with Gasteiger partial charge in [0.1, 0.15) is 5.82 Å². The summed E-state index contributed by atoms with van der Waals surface area (Å²) in [4.78, 5) is 4.34. The molecule has 6 nitrogen and oxygen atoms in total. The maximum absolute atomic E-state index is 12.7. The molecular formula is C14H23N3O3S. The number of β-amino-alcohol motifs (C(OH)–C–C–N with tert-alkyl or cyclic N) is 1. The topological polar surface area (TPSA) is 82.5 Å². The number of nitrogens with zero attached hydrogens (tertiary/aromatic N) is 2. The first-order valence-corrected chi connectivity index (χ1v) is 8.72. The van der Waals surface area contributed by atoms with Crippen LogP contribution in [0, 0.1) is 0 Å². The van der Waals surface area contributed by atoms with Crippen LogP contribution in [0.3, 0.4) is 0 Å². The Morgan fingerprint density at radius 2 is 2.29 bits per heavy atom. The Bertz CT molecular complexity index is 587. The van der Waals surface area contributed by atoms with Crippen molar-refractivity contribution in [1.82, 2.24) is 9.29 Å². The van der Waals surface area contributed by atoms with Gasteiger partial charge in [-0.05, 0) is 32.3 Å². The second kappa shape index (κ2) is 6.29. The van der Waals surface area contributed by atoms with Crippen LogP contribution >= 0.6 is 0 Å². The van der Waals surface area contributed by atoms with Gasteiger partial charge in [-0.2, -0.15) is 4.31 Å². The minimum Gasteiger partial charge on any atom is -0.389 e. The van der Waals surface area contributed by atoms with Gasteiger partial charge < -0.3 is 10.4 Å². The predicted octanol–water partition coefficient (Wildman–Crippen LogP) is 1.44. The molecule has 7 heteroatoms. The quantitative estimate of drug-likeness (QED) is 0.859. The van der Waals surface area contributed by atoms with Gasteiger partial charge in [-0.15, -0.1) is 0 Å². The Hall–Kier alpha value is -1.18. The number of nitrogens with one attached hydrogen (secondary N) is 1. The van der Waals surface area contributed by atoms with Crippen molar-refractivity contribution in [2.24, 2.45) is 0 Å². The number of hydrogen-bond donors (Lipinski definition) is 2. The molecule has 2 rings (SSSR count). The molecule has 0 radical (unpaired) electrons. The van der Waals surface area contributed by atoms with Crippen LogP contribution < -0.4 is 5.32 Å². The lowest BCUT2D eigenvalue weighted by Crippen LogP contribution is -2.48. The number of rotatable bonds is 5. The normalized spacial score (nSPS) is 24.0. The number of sulfonamides is 1. The average molecular weight is 313 g/mol. The molecule has 1 fully saturated rings. The lowest BCUT2D eigenvalue weighted by Gasteiger charge is -2.35. The van der Waals surface area contributed by atoms with Gasteiger partial charge in [0.05, 0.1) is 10.5 Å². The molecule has 0 aliphatic carbocycles. The summed E-state index contributed by atoms with van der Waals surface area (Å²) >= 11 is 0. The summed E-state index contributed by atoms with van der Waals surface area (Å²) in [6, 6.07) is 3.05. The van der Waals surface area contributed by atoms with Crippen molar-refractivity contribution in [3.8, 4) is 0 Å². The number of piperidine rings is 1. The third kappa shape index (κ3) is 3.93. The molecule has 1 atom stereocenters. The zero-order chi connectivity index (χ0) is 15.5. The van der Waals surface area contributed by atoms with E-state index >= 15 is 0 Å². The highest BCUT2D eigenvalue weighted by Gasteiger charge is 2.35. The van der Waals surface area contributed by atoms with Crippen LogP contribution in [0.1, 0.15) is 33.1 Å². The van der Waals surface area contributed by atoms with E-state index in [0.29, 0.717) is 25.2 Å². The number of aromatic nitrogens is 1. The fourth-order valence-electron chi connectivity index (χ4n) is 2.45. The molecule has 2 N–H and O–H groups in total. The third-order valence-electron chi connectivity index (χ3n) is 3.57. The summed E-state index contributed by atoms with van der Waals surface area (Å²) in [5, 5.41) is 13.2. The highest BCUT2D eigenvalue weighted by Crippen LogP contribution is 2.26. The Morgan fingerprint density at radius 3 is 2.95 bits per heavy atom. The van der Waals surface area contributed by atoms with E-state index < -0.39 is 15.6 Å². The predicted molar refractivity (Wildman–Crippen MR) is 81.6 cm³/mol. The second-order valence-electron chi connectivity index (χ2n) is 5.74. The van der Waals surface area contributed by atoms with Gasteiger partial charge in [-0.3, -0.25) is 0 Å². The lowest BCUT2D eigenvalue weighted by atomic mass is 9.97. The summed E-state index contributed by atoms with van der Waals surface area (Å²) in [6.07, 6.45) is 3.72. The Kier molecular flexibility index (Phi) is 4.85. The van der Waals surface area contributed by atoms with E-state index in [2.05, 4.69) is 10.3 Å². The molecule has 1 unspecified atom stereocenters. The van der Waals surface area contributed by atoms with Crippen molar-refractivity contribution in [2.45, 2.75) is 43.6 Å². The summed E-state index contributed by atoms with van der Waals surface area (Å²) in [7, 11) is -3.59. The summed E-state index contributed by atoms with van der Waals surface area (Å²) < 4.78 is 26.7. The Morgan fingerprint density at radius 1 is 1.52 bits per heavy atom. The second-order valence-corrected chi connectivity index (χ2v) is 7.68. The lowest BCUT2D eigenvalue weighted by molar-refractivity contribution is 0.00940. The summed E-state index contributed by atoms with van der Waals surface area (Å²) in [5.74, 6) is 0.557. The molecule has 1 aliphatic heterocycles. The maximum atomic E-state index is 12.7. The molecule has 1 aromatic heterocycles. The van der Waals surface area contributed by atoms with Gasteiger partial charge in [0.2, 0.25) is 10.0 Å². The molecule has 0 amide bonds. The Balaban J connectivity index is 2.23. The SMILES string of the molecule is CCCNc1cc(S(=O)(=O)N2CCCC(C)(O)C2)ccn1. The van der Waals surface area contributed by atoms with Gasteiger partial charge in [-0.1, -0.05) is 6.92 Å². The van der Waals surface area contributed by atoms with Gasteiger partial charge in [-0.25, -0.2) is 13.4 Å². The molecule has 0 bridgehead atoms. The molecule has 118 valence electrons. The highest BCUT2D eigenvalue weighted by molar-refractivity contribution is 7.89. The smallest absolute Gasteiger partial charge is 0.243 e. The van der Waals surface area contributed by atoms with Gasteiger partial charge >= 0.3 is 0 Å². The molecule has 0 saturated carbocycles. The van der Waals surface area contributed by atoms with E-state index in [0.717, 1.165) is 13.0 Å². The average Bonchev–Trinajstić information content (AvgIpc) is 2.44. The first-order chi connectivity index (χ1) is 9.85. The van der Waals surface area contributed by atoms with E-state index in [-0.39, 0.29) is 11.4 Å². The van der Waals surface area contributed by atoms with Crippen LogP contribution in [0.2, 0.25) is 0 Å². The first kappa shape index (κ1) is 16.2. The number of aliphatic hydroxyl groups is 1. The minimum atomic E-state index is -3.59. The van der Waals surface area contributed by atoms with Crippen LogP contribution in [-0.4, -0.2) is 48.0 Å². The van der Waals surface area contributed by atoms with Crippen LogP contribution in [0.25, 0.3) is 0 Å². The standard InChI is InChI=1S/C14H23N3O3S/c1-3-7-15-13-10-12(5-8-16-13)21(19,20)17-9-4-6-14(2,18)11-17/h5,8,10,18H,3-4,6-7,9,11H2,1-2H3,(H,15,16). The fourth-order valence-corrected chi connectivity index (χ4v) is 4.06. The van der Waals surface area contributed by atoms with E-state index in [1.807, 2.05) is 6.92 Å². The minimum absolute atomic E-state index is 0.134. The molecule has 2 heterocycles. The number of hydrogen-bond acceptors (Lipinski definition) is 5. The van der Waals surface area contributed by atoms with Gasteiger partial charge in [0, 0.05) is 31.9 Å². The summed E-state index contributed by atoms with van der Waals surface area (Å²) in [6.45, 7) is 5.03. The third-order valence-corrected chi connectivity index (χ3v) is 5.41. The number of anilines is 1. The zero-order valence-corrected chi connectivity index (χ0v) is 13.4. The van der Waals surface area contributed by atoms with Crippen LogP contribution in [-0.2, 0) is 10.0 Å². The van der Waals surface area contributed by atoms with Crippen molar-refractivity contribution in [3.63, 3.8) is 0 Å². The maximum Gasteiger partial charge on any atom is 0.243 e. The van der Waals surface area contributed by atoms with E-state index in [4.69, 9.17) is 0 Å². The van der Waals surface area contributed by atoms with Crippen LogP contribution in [0.15, 0.2) is 23.2 Å². The van der Waals surface area contributed by atoms with E-state index in [9.17, 15) is 13.5 Å². The van der Waals surface area contributed by atoms with E-state index in [1.54, 1.807) is 13.0 Å². The summed E-state index contributed by atoms with van der Waals surface area (Å²) in [5.41, 5.74) is -0.957. The molecule has 1 aromatic rings. The highest BCUT2D eigenvalue weighted by atomic mass is 32.2. The first-order valence-electron chi connectivity index (χ1n) is 7.28. The van der Waals surface area contributed by atoms with Gasteiger partial charge in [0.15, 0.2) is 0 Å². The van der Waals surface area contributed by atoms with Crippen molar-refractivity contribution in [1.29, 1.82) is 0 Å². The van der Waals surface area contributed by atoms with Crippen molar-refractivity contribution < 1.29 is 13.5 Å². The molecular weight excluding hydrogens is 290 g/mol. The van der Waals surface area contributed by atoms with E-state index in [1.165, 1.54) is 16.6 Å². The largest absolute Gasteiger partial charge is 0.389 e. The molecule has 21 heavy (non-hydrogen) atoms. The monoisotopic (exact) mass is 313 g/mol. The number of pyridine rings is 1. The molecule has 0 spiro atoms. The zero-order valence-electron chi connectivity index (χ0n) is 12.5. The molecule has 1 aliphatic rings. The Labute approximate surface area is 126 Å². The van der Waals surface area contributed by atoms with Crippen molar-refractivity contribution in [2.75, 3.05) is 25.0 Å².